The van der Waals surface area contributed by atoms with E-state index in [4.69, 9.17) is 5.11 Å². The van der Waals surface area contributed by atoms with Gasteiger partial charge in [-0.05, 0) is 24.6 Å². The van der Waals surface area contributed by atoms with Crippen molar-refractivity contribution in [2.75, 3.05) is 18.5 Å². The summed E-state index contributed by atoms with van der Waals surface area (Å²) in [6.45, 7) is 0.0983. The molecule has 1 aromatic rings. The van der Waals surface area contributed by atoms with Crippen molar-refractivity contribution in [3.63, 3.8) is 0 Å². The van der Waals surface area contributed by atoms with Gasteiger partial charge in [0.1, 0.15) is 13.2 Å². The molecule has 5 nitrogen and oxygen atoms in total. The zero-order chi connectivity index (χ0) is 15.3. The minimum Gasteiger partial charge on any atom is -0.480 e. The summed E-state index contributed by atoms with van der Waals surface area (Å²) in [5.41, 5.74) is -0.841. The van der Waals surface area contributed by atoms with Gasteiger partial charge >= 0.3 is 12.1 Å². The van der Waals surface area contributed by atoms with Crippen molar-refractivity contribution >= 4 is 17.6 Å². The van der Waals surface area contributed by atoms with Crippen molar-refractivity contribution in [2.45, 2.75) is 13.1 Å². The van der Waals surface area contributed by atoms with Crippen LogP contribution in [0.2, 0.25) is 0 Å². The van der Waals surface area contributed by atoms with Gasteiger partial charge in [0.25, 0.3) is 0 Å². The summed E-state index contributed by atoms with van der Waals surface area (Å²) >= 11 is 0. The van der Waals surface area contributed by atoms with Crippen LogP contribution in [0.25, 0.3) is 0 Å². The fourth-order valence-electron chi connectivity index (χ4n) is 1.43. The second-order valence-corrected chi connectivity index (χ2v) is 3.96. The largest absolute Gasteiger partial charge is 0.480 e. The summed E-state index contributed by atoms with van der Waals surface area (Å²) in [6, 6.07) is 3.36. The normalized spacial score (nSPS) is 11.2. The Balaban J connectivity index is 2.69. The maximum Gasteiger partial charge on any atom is 0.416 e. The summed E-state index contributed by atoms with van der Waals surface area (Å²) in [5, 5.41) is 10.5. The molecule has 0 fully saturated rings. The first kappa shape index (κ1) is 16.0. The molecule has 1 aromatic carbocycles. The molecule has 0 spiro atoms. The molecular weight excluding hydrogens is 279 g/mol. The van der Waals surface area contributed by atoms with Gasteiger partial charge in [-0.2, -0.15) is 13.2 Å². The molecule has 110 valence electrons. The number of hydrogen-bond donors (Lipinski definition) is 2. The van der Waals surface area contributed by atoms with Crippen LogP contribution in [-0.2, 0) is 20.5 Å². The molecule has 0 radical (unpaired) electrons. The number of hydrogen-bond acceptors (Lipinski definition) is 3. The zero-order valence-electron chi connectivity index (χ0n) is 10.5. The number of anilines is 1. The summed E-state index contributed by atoms with van der Waals surface area (Å²) in [7, 11) is 0. The number of carbonyl (C=O) groups is 2. The van der Waals surface area contributed by atoms with Crippen molar-refractivity contribution in [2.24, 2.45) is 0 Å². The van der Waals surface area contributed by atoms with Gasteiger partial charge in [0.15, 0.2) is 0 Å². The molecule has 0 aliphatic heterocycles. The number of halogens is 3. The van der Waals surface area contributed by atoms with Gasteiger partial charge in [0, 0.05) is 5.69 Å². The van der Waals surface area contributed by atoms with E-state index in [1.54, 1.807) is 0 Å². The lowest BCUT2D eigenvalue weighted by Gasteiger charge is -2.12. The highest BCUT2D eigenvalue weighted by molar-refractivity contribution is 5.92. The molecule has 1 amide bonds. The molecule has 1 rings (SSSR count). The Morgan fingerprint density at radius 3 is 2.50 bits per heavy atom. The highest BCUT2D eigenvalue weighted by Crippen LogP contribution is 2.33. The first-order valence-corrected chi connectivity index (χ1v) is 5.47. The Bertz CT molecular complexity index is 514. The predicted molar refractivity (Wildman–Crippen MR) is 63.3 cm³/mol. The lowest BCUT2D eigenvalue weighted by Crippen LogP contribution is -2.21. The maximum absolute atomic E-state index is 12.7. The van der Waals surface area contributed by atoms with E-state index in [2.05, 4.69) is 10.1 Å². The van der Waals surface area contributed by atoms with Gasteiger partial charge in [-0.1, -0.05) is 6.07 Å². The molecule has 0 saturated carbocycles. The third-order valence-corrected chi connectivity index (χ3v) is 2.29. The Morgan fingerprint density at radius 2 is 1.95 bits per heavy atom. The number of carboxylic acid groups (broad SMARTS) is 1. The van der Waals surface area contributed by atoms with Gasteiger partial charge in [-0.25, -0.2) is 4.79 Å². The van der Waals surface area contributed by atoms with Crippen molar-refractivity contribution in [1.82, 2.24) is 0 Å². The first-order valence-electron chi connectivity index (χ1n) is 5.47. The van der Waals surface area contributed by atoms with Crippen LogP contribution in [0.1, 0.15) is 11.1 Å². The zero-order valence-corrected chi connectivity index (χ0v) is 10.5. The van der Waals surface area contributed by atoms with E-state index < -0.39 is 36.8 Å². The second-order valence-electron chi connectivity index (χ2n) is 3.96. The predicted octanol–water partition coefficient (Wildman–Crippen LogP) is 2.05. The minimum atomic E-state index is -4.51. The van der Waals surface area contributed by atoms with Gasteiger partial charge in [-0.15, -0.1) is 0 Å². The van der Waals surface area contributed by atoms with Crippen LogP contribution >= 0.6 is 0 Å². The molecule has 0 aromatic heterocycles. The Kier molecular flexibility index (Phi) is 5.09. The van der Waals surface area contributed by atoms with E-state index in [1.165, 1.54) is 19.1 Å². The summed E-state index contributed by atoms with van der Waals surface area (Å²) in [6.07, 6.45) is -4.51. The summed E-state index contributed by atoms with van der Waals surface area (Å²) < 4.78 is 42.5. The van der Waals surface area contributed by atoms with Crippen molar-refractivity contribution in [1.29, 1.82) is 0 Å². The van der Waals surface area contributed by atoms with Crippen LogP contribution in [0, 0.1) is 6.92 Å². The maximum atomic E-state index is 12.7. The number of rotatable bonds is 5. The molecular formula is C12H12F3NO4. The van der Waals surface area contributed by atoms with Crippen LogP contribution < -0.4 is 5.32 Å². The number of aliphatic carboxylic acids is 1. The number of carbonyl (C=O) groups excluding carboxylic acids is 1. The SMILES string of the molecule is Cc1ccc(NC(=O)COCC(=O)O)cc1C(F)(F)F. The van der Waals surface area contributed by atoms with Crippen LogP contribution in [0.3, 0.4) is 0 Å². The highest BCUT2D eigenvalue weighted by atomic mass is 19.4. The molecule has 0 atom stereocenters. The van der Waals surface area contributed by atoms with Crippen LogP contribution in [0.5, 0.6) is 0 Å². The van der Waals surface area contributed by atoms with E-state index in [-0.39, 0.29) is 11.3 Å². The monoisotopic (exact) mass is 291 g/mol. The average molecular weight is 291 g/mol. The number of benzene rings is 1. The van der Waals surface area contributed by atoms with E-state index in [0.29, 0.717) is 0 Å². The average Bonchev–Trinajstić information content (AvgIpc) is 2.29. The van der Waals surface area contributed by atoms with Gasteiger partial charge in [0.2, 0.25) is 5.91 Å². The number of ether oxygens (including phenoxy) is 1. The quantitative estimate of drug-likeness (QED) is 0.870. The van der Waals surface area contributed by atoms with Crippen LogP contribution in [0.15, 0.2) is 18.2 Å². The van der Waals surface area contributed by atoms with Crippen LogP contribution in [0.4, 0.5) is 18.9 Å². The smallest absolute Gasteiger partial charge is 0.416 e. The third kappa shape index (κ3) is 4.88. The first-order chi connectivity index (χ1) is 9.20. The summed E-state index contributed by atoms with van der Waals surface area (Å²) in [4.78, 5) is 21.5. The van der Waals surface area contributed by atoms with Crippen LogP contribution in [-0.4, -0.2) is 30.2 Å². The number of amides is 1. The number of carboxylic acids is 1. The van der Waals surface area contributed by atoms with Gasteiger partial charge in [0.05, 0.1) is 5.56 Å². The van der Waals surface area contributed by atoms with Crippen molar-refractivity contribution in [3.8, 4) is 0 Å². The number of alkyl halides is 3. The van der Waals surface area contributed by atoms with E-state index in [9.17, 15) is 22.8 Å². The topological polar surface area (TPSA) is 75.6 Å². The fraction of sp³-hybridized carbons (Fsp3) is 0.333. The van der Waals surface area contributed by atoms with Gasteiger partial charge in [-0.3, -0.25) is 4.79 Å². The Labute approximate surface area is 112 Å². The molecule has 20 heavy (non-hydrogen) atoms. The Hall–Kier alpha value is -2.09. The molecule has 0 aliphatic rings. The number of nitrogens with one attached hydrogen (secondary N) is 1. The lowest BCUT2D eigenvalue weighted by atomic mass is 10.1. The van der Waals surface area contributed by atoms with Crippen molar-refractivity contribution in [3.05, 3.63) is 29.3 Å². The third-order valence-electron chi connectivity index (χ3n) is 2.29. The molecule has 0 unspecified atom stereocenters. The van der Waals surface area contributed by atoms with E-state index in [0.717, 1.165) is 6.07 Å². The molecule has 0 saturated heterocycles. The summed E-state index contributed by atoms with van der Waals surface area (Å²) in [5.74, 6) is -1.98. The lowest BCUT2D eigenvalue weighted by molar-refractivity contribution is -0.143. The molecule has 0 bridgehead atoms. The molecule has 0 aliphatic carbocycles. The van der Waals surface area contributed by atoms with Gasteiger partial charge < -0.3 is 15.2 Å². The van der Waals surface area contributed by atoms with Crippen molar-refractivity contribution < 1.29 is 32.6 Å². The fourth-order valence-corrected chi connectivity index (χ4v) is 1.43. The highest BCUT2D eigenvalue weighted by Gasteiger charge is 2.32. The molecule has 2 N–H and O–H groups in total. The van der Waals surface area contributed by atoms with E-state index in [1.807, 2.05) is 0 Å². The minimum absolute atomic E-state index is 0.0353. The standard InChI is InChI=1S/C12H12F3NO4/c1-7-2-3-8(4-9(7)12(13,14)15)16-10(17)5-20-6-11(18)19/h2-4H,5-6H2,1H3,(H,16,17)(H,18,19). The number of aryl methyl sites for hydroxylation is 1. The van der Waals surface area contributed by atoms with E-state index >= 15 is 0 Å². The second kappa shape index (κ2) is 6.38. The Morgan fingerprint density at radius 1 is 1.30 bits per heavy atom. The molecule has 0 heterocycles. The molecule has 8 heteroatoms.